The first-order chi connectivity index (χ1) is 10.6. The summed E-state index contributed by atoms with van der Waals surface area (Å²) in [6.45, 7) is 4.08. The molecule has 0 aromatic heterocycles. The largest absolute Gasteiger partial charge is 0.494 e. The molecule has 0 bridgehead atoms. The average molecular weight is 303 g/mol. The summed E-state index contributed by atoms with van der Waals surface area (Å²) in [4.78, 5) is 12.1. The van der Waals surface area contributed by atoms with Crippen molar-refractivity contribution in [2.45, 2.75) is 20.0 Å². The molecule has 116 valence electrons. The number of carbonyl (C=O) groups is 1. The van der Waals surface area contributed by atoms with E-state index in [0.29, 0.717) is 23.8 Å². The van der Waals surface area contributed by atoms with Gasteiger partial charge in [-0.1, -0.05) is 6.07 Å². The predicted molar refractivity (Wildman–Crippen MR) is 82.7 cm³/mol. The standard InChI is InChI=1S/C17H18FNO3/c1-3-21-16-6-4-5-14(11-16)19-17(20)12(2)22-15-9-7-13(18)8-10-15/h4-12H,3H2,1-2H3,(H,19,20)/t12-/m0/s1. The molecule has 22 heavy (non-hydrogen) atoms. The molecule has 4 nitrogen and oxygen atoms in total. The van der Waals surface area contributed by atoms with Crippen LogP contribution in [0.15, 0.2) is 48.5 Å². The molecule has 0 aliphatic heterocycles. The van der Waals surface area contributed by atoms with Gasteiger partial charge in [-0.05, 0) is 50.2 Å². The Kier molecular flexibility index (Phi) is 5.36. The van der Waals surface area contributed by atoms with Gasteiger partial charge in [0.15, 0.2) is 6.10 Å². The second-order valence-corrected chi connectivity index (χ2v) is 4.66. The number of hydrogen-bond donors (Lipinski definition) is 1. The van der Waals surface area contributed by atoms with Crippen molar-refractivity contribution in [2.24, 2.45) is 0 Å². The molecular weight excluding hydrogens is 285 g/mol. The fraction of sp³-hybridized carbons (Fsp3) is 0.235. The van der Waals surface area contributed by atoms with Crippen molar-refractivity contribution in [1.82, 2.24) is 0 Å². The smallest absolute Gasteiger partial charge is 0.265 e. The van der Waals surface area contributed by atoms with Crippen LogP contribution in [0.4, 0.5) is 10.1 Å². The van der Waals surface area contributed by atoms with Gasteiger partial charge in [0.2, 0.25) is 0 Å². The molecule has 0 spiro atoms. The van der Waals surface area contributed by atoms with Crippen molar-refractivity contribution in [3.8, 4) is 11.5 Å². The lowest BCUT2D eigenvalue weighted by atomic mass is 10.2. The molecule has 0 saturated carbocycles. The maximum absolute atomic E-state index is 12.8. The number of halogens is 1. The van der Waals surface area contributed by atoms with Crippen LogP contribution in [-0.2, 0) is 4.79 Å². The third-order valence-electron chi connectivity index (χ3n) is 2.91. The Morgan fingerprint density at radius 1 is 1.18 bits per heavy atom. The van der Waals surface area contributed by atoms with Crippen molar-refractivity contribution in [1.29, 1.82) is 0 Å². The van der Waals surface area contributed by atoms with Crippen LogP contribution in [0.3, 0.4) is 0 Å². The van der Waals surface area contributed by atoms with Crippen LogP contribution in [-0.4, -0.2) is 18.6 Å². The van der Waals surface area contributed by atoms with E-state index in [0.717, 1.165) is 0 Å². The minimum atomic E-state index is -0.707. The van der Waals surface area contributed by atoms with Gasteiger partial charge in [0.25, 0.3) is 5.91 Å². The highest BCUT2D eigenvalue weighted by atomic mass is 19.1. The number of anilines is 1. The first kappa shape index (κ1) is 15.8. The van der Waals surface area contributed by atoms with Crippen LogP contribution < -0.4 is 14.8 Å². The highest BCUT2D eigenvalue weighted by molar-refractivity contribution is 5.94. The third kappa shape index (κ3) is 4.48. The van der Waals surface area contributed by atoms with Crippen molar-refractivity contribution in [3.63, 3.8) is 0 Å². The van der Waals surface area contributed by atoms with E-state index >= 15 is 0 Å². The van der Waals surface area contributed by atoms with Crippen LogP contribution in [0, 0.1) is 5.82 Å². The monoisotopic (exact) mass is 303 g/mol. The molecule has 0 fully saturated rings. The zero-order chi connectivity index (χ0) is 15.9. The Morgan fingerprint density at radius 3 is 2.59 bits per heavy atom. The molecule has 5 heteroatoms. The summed E-state index contributed by atoms with van der Waals surface area (Å²) < 4.78 is 23.7. The molecule has 2 aromatic carbocycles. The number of benzene rings is 2. The number of amides is 1. The number of ether oxygens (including phenoxy) is 2. The Labute approximate surface area is 128 Å². The minimum absolute atomic E-state index is 0.294. The zero-order valence-corrected chi connectivity index (χ0v) is 12.5. The summed E-state index contributed by atoms with van der Waals surface area (Å²) in [7, 11) is 0. The summed E-state index contributed by atoms with van der Waals surface area (Å²) in [5, 5.41) is 2.75. The fourth-order valence-corrected chi connectivity index (χ4v) is 1.85. The summed E-state index contributed by atoms with van der Waals surface area (Å²) in [5.41, 5.74) is 0.630. The Hall–Kier alpha value is -2.56. The van der Waals surface area contributed by atoms with E-state index in [1.54, 1.807) is 25.1 Å². The summed E-state index contributed by atoms with van der Waals surface area (Å²) in [6.07, 6.45) is -0.707. The van der Waals surface area contributed by atoms with Gasteiger partial charge in [0.05, 0.1) is 6.61 Å². The van der Waals surface area contributed by atoms with Crippen molar-refractivity contribution >= 4 is 11.6 Å². The summed E-state index contributed by atoms with van der Waals surface area (Å²) in [6, 6.07) is 12.7. The molecule has 0 heterocycles. The second kappa shape index (κ2) is 7.45. The van der Waals surface area contributed by atoms with Crippen molar-refractivity contribution < 1.29 is 18.7 Å². The lowest BCUT2D eigenvalue weighted by molar-refractivity contribution is -0.122. The van der Waals surface area contributed by atoms with E-state index in [1.807, 2.05) is 13.0 Å². The minimum Gasteiger partial charge on any atom is -0.494 e. The van der Waals surface area contributed by atoms with Gasteiger partial charge in [-0.3, -0.25) is 4.79 Å². The second-order valence-electron chi connectivity index (χ2n) is 4.66. The van der Waals surface area contributed by atoms with Crippen LogP contribution in [0.2, 0.25) is 0 Å². The average Bonchev–Trinajstić information content (AvgIpc) is 2.50. The quantitative estimate of drug-likeness (QED) is 0.886. The fourth-order valence-electron chi connectivity index (χ4n) is 1.85. The third-order valence-corrected chi connectivity index (χ3v) is 2.91. The highest BCUT2D eigenvalue weighted by Gasteiger charge is 2.15. The van der Waals surface area contributed by atoms with Gasteiger partial charge < -0.3 is 14.8 Å². The van der Waals surface area contributed by atoms with E-state index in [9.17, 15) is 9.18 Å². The Balaban J connectivity index is 1.96. The number of hydrogen-bond acceptors (Lipinski definition) is 3. The molecular formula is C17H18FNO3. The van der Waals surface area contributed by atoms with Crippen LogP contribution in [0.1, 0.15) is 13.8 Å². The molecule has 0 radical (unpaired) electrons. The van der Waals surface area contributed by atoms with Crippen molar-refractivity contribution in [3.05, 3.63) is 54.3 Å². The molecule has 2 rings (SSSR count). The zero-order valence-electron chi connectivity index (χ0n) is 12.5. The van der Waals surface area contributed by atoms with Gasteiger partial charge >= 0.3 is 0 Å². The van der Waals surface area contributed by atoms with Gasteiger partial charge in [0.1, 0.15) is 17.3 Å². The van der Waals surface area contributed by atoms with Gasteiger partial charge in [-0.15, -0.1) is 0 Å². The predicted octanol–water partition coefficient (Wildman–Crippen LogP) is 3.63. The highest BCUT2D eigenvalue weighted by Crippen LogP contribution is 2.18. The van der Waals surface area contributed by atoms with E-state index in [-0.39, 0.29) is 11.7 Å². The van der Waals surface area contributed by atoms with Crippen LogP contribution in [0.5, 0.6) is 11.5 Å². The first-order valence-corrected chi connectivity index (χ1v) is 7.04. The normalized spacial score (nSPS) is 11.6. The topological polar surface area (TPSA) is 47.6 Å². The van der Waals surface area contributed by atoms with Gasteiger partial charge in [-0.2, -0.15) is 0 Å². The first-order valence-electron chi connectivity index (χ1n) is 7.04. The maximum Gasteiger partial charge on any atom is 0.265 e. The van der Waals surface area contributed by atoms with Crippen LogP contribution in [0.25, 0.3) is 0 Å². The Bertz CT molecular complexity index is 628. The van der Waals surface area contributed by atoms with Gasteiger partial charge in [0, 0.05) is 11.8 Å². The lowest BCUT2D eigenvalue weighted by Gasteiger charge is -2.15. The van der Waals surface area contributed by atoms with E-state index in [2.05, 4.69) is 5.32 Å². The van der Waals surface area contributed by atoms with E-state index in [4.69, 9.17) is 9.47 Å². The maximum atomic E-state index is 12.8. The molecule has 0 aliphatic carbocycles. The molecule has 0 aliphatic rings. The molecule has 1 atom stereocenters. The summed E-state index contributed by atoms with van der Waals surface area (Å²) in [5.74, 6) is 0.481. The van der Waals surface area contributed by atoms with E-state index in [1.165, 1.54) is 24.3 Å². The SMILES string of the molecule is CCOc1cccc(NC(=O)[C@H](C)Oc2ccc(F)cc2)c1. The summed E-state index contributed by atoms with van der Waals surface area (Å²) >= 11 is 0. The molecule has 0 unspecified atom stereocenters. The Morgan fingerprint density at radius 2 is 1.91 bits per heavy atom. The van der Waals surface area contributed by atoms with E-state index < -0.39 is 6.10 Å². The number of rotatable bonds is 6. The van der Waals surface area contributed by atoms with Crippen molar-refractivity contribution in [2.75, 3.05) is 11.9 Å². The molecule has 2 aromatic rings. The molecule has 1 N–H and O–H groups in total. The lowest BCUT2D eigenvalue weighted by Crippen LogP contribution is -2.30. The molecule has 0 saturated heterocycles. The number of nitrogens with one attached hydrogen (secondary N) is 1. The molecule has 1 amide bonds. The number of carbonyl (C=O) groups excluding carboxylic acids is 1. The van der Waals surface area contributed by atoms with Crippen LogP contribution >= 0.6 is 0 Å². The van der Waals surface area contributed by atoms with Gasteiger partial charge in [-0.25, -0.2) is 4.39 Å².